The molecule has 152 valence electrons. The summed E-state index contributed by atoms with van der Waals surface area (Å²) < 4.78 is 21.8. The van der Waals surface area contributed by atoms with Crippen LogP contribution in [0, 0.1) is 20.8 Å². The summed E-state index contributed by atoms with van der Waals surface area (Å²) in [5.41, 5.74) is 3.92. The molecule has 0 aliphatic carbocycles. The second kappa shape index (κ2) is 9.88. The summed E-state index contributed by atoms with van der Waals surface area (Å²) in [5.74, 6) is 1.91. The lowest BCUT2D eigenvalue weighted by atomic mass is 10.1. The fourth-order valence-electron chi connectivity index (χ4n) is 2.98. The van der Waals surface area contributed by atoms with Gasteiger partial charge in [-0.2, -0.15) is 0 Å². The smallest absolute Gasteiger partial charge is 0.255 e. The number of ether oxygens (including phenoxy) is 4. The van der Waals surface area contributed by atoms with Crippen LogP contribution in [0.2, 0.25) is 0 Å². The van der Waals surface area contributed by atoms with Crippen molar-refractivity contribution < 1.29 is 23.7 Å². The zero-order chi connectivity index (χ0) is 20.7. The van der Waals surface area contributed by atoms with E-state index in [2.05, 4.69) is 32.2 Å². The van der Waals surface area contributed by atoms with E-state index < -0.39 is 0 Å². The van der Waals surface area contributed by atoms with Crippen LogP contribution in [0.3, 0.4) is 0 Å². The van der Waals surface area contributed by atoms with E-state index in [-0.39, 0.29) is 5.91 Å². The quantitative estimate of drug-likeness (QED) is 0.663. The van der Waals surface area contributed by atoms with Gasteiger partial charge < -0.3 is 24.3 Å². The molecule has 28 heavy (non-hydrogen) atoms. The highest BCUT2D eigenvalue weighted by Crippen LogP contribution is 2.39. The normalized spacial score (nSPS) is 10.4. The van der Waals surface area contributed by atoms with Gasteiger partial charge >= 0.3 is 0 Å². The van der Waals surface area contributed by atoms with Crippen LogP contribution in [0.4, 0.5) is 0 Å². The van der Waals surface area contributed by atoms with Crippen molar-refractivity contribution in [3.05, 3.63) is 46.5 Å². The van der Waals surface area contributed by atoms with Gasteiger partial charge in [0.25, 0.3) is 5.91 Å². The van der Waals surface area contributed by atoms with Gasteiger partial charge in [-0.1, -0.05) is 6.07 Å². The molecule has 0 aliphatic heterocycles. The molecule has 0 saturated carbocycles. The Bertz CT molecular complexity index is 832. The monoisotopic (exact) mass is 387 g/mol. The van der Waals surface area contributed by atoms with Crippen molar-refractivity contribution >= 4 is 5.91 Å². The number of benzene rings is 2. The molecule has 6 nitrogen and oxygen atoms in total. The predicted octanol–water partition coefficient (Wildman–Crippen LogP) is 3.84. The van der Waals surface area contributed by atoms with E-state index in [0.29, 0.717) is 42.4 Å². The van der Waals surface area contributed by atoms with E-state index in [0.717, 1.165) is 11.3 Å². The van der Waals surface area contributed by atoms with Crippen LogP contribution in [0.1, 0.15) is 33.5 Å². The lowest BCUT2D eigenvalue weighted by molar-refractivity contribution is 0.0947. The van der Waals surface area contributed by atoms with E-state index in [9.17, 15) is 4.79 Å². The maximum atomic E-state index is 12.5. The highest BCUT2D eigenvalue weighted by molar-refractivity contribution is 5.98. The van der Waals surface area contributed by atoms with Crippen LogP contribution < -0.4 is 24.3 Å². The van der Waals surface area contributed by atoms with E-state index in [1.165, 1.54) is 32.5 Å². The number of rotatable bonds is 9. The summed E-state index contributed by atoms with van der Waals surface area (Å²) in [4.78, 5) is 12.5. The average molecular weight is 387 g/mol. The molecule has 2 aromatic rings. The highest BCUT2D eigenvalue weighted by atomic mass is 16.5. The molecule has 0 fully saturated rings. The third kappa shape index (κ3) is 4.88. The van der Waals surface area contributed by atoms with Crippen LogP contribution in [0.15, 0.2) is 24.3 Å². The summed E-state index contributed by atoms with van der Waals surface area (Å²) in [7, 11) is 4.54. The zero-order valence-electron chi connectivity index (χ0n) is 17.5. The Balaban J connectivity index is 1.93. The molecule has 0 aromatic heterocycles. The minimum Gasteiger partial charge on any atom is -0.493 e. The summed E-state index contributed by atoms with van der Waals surface area (Å²) in [6.45, 7) is 7.18. The molecule has 0 atom stereocenters. The number of nitrogens with one attached hydrogen (secondary N) is 1. The number of carbonyl (C=O) groups is 1. The van der Waals surface area contributed by atoms with Crippen molar-refractivity contribution in [3.8, 4) is 23.0 Å². The van der Waals surface area contributed by atoms with Crippen LogP contribution >= 0.6 is 0 Å². The second-order valence-corrected chi connectivity index (χ2v) is 6.54. The Morgan fingerprint density at radius 3 is 2.29 bits per heavy atom. The minimum atomic E-state index is -0.236. The van der Waals surface area contributed by atoms with Crippen molar-refractivity contribution in [2.45, 2.75) is 27.2 Å². The lowest BCUT2D eigenvalue weighted by Crippen LogP contribution is -2.26. The van der Waals surface area contributed by atoms with Gasteiger partial charge in [-0.05, 0) is 62.1 Å². The maximum absolute atomic E-state index is 12.5. The standard InChI is InChI=1S/C22H29NO5/c1-14-12-15(2)16(3)19(13-14)28-11-7-10-23-22(24)17-8-9-18(25-4)21(27-6)20(17)26-5/h8-9,12-13H,7,10-11H2,1-6H3,(H,23,24). The van der Waals surface area contributed by atoms with Crippen molar-refractivity contribution in [3.63, 3.8) is 0 Å². The average Bonchev–Trinajstić information content (AvgIpc) is 2.69. The van der Waals surface area contributed by atoms with Gasteiger partial charge in [0.05, 0.1) is 33.5 Å². The van der Waals surface area contributed by atoms with Crippen LogP contribution in [0.5, 0.6) is 23.0 Å². The van der Waals surface area contributed by atoms with Gasteiger partial charge in [0.15, 0.2) is 11.5 Å². The number of aryl methyl sites for hydroxylation is 2. The van der Waals surface area contributed by atoms with E-state index in [1.807, 2.05) is 6.07 Å². The molecule has 6 heteroatoms. The van der Waals surface area contributed by atoms with Gasteiger partial charge in [-0.3, -0.25) is 4.79 Å². The Labute approximate surface area is 166 Å². The fraction of sp³-hybridized carbons (Fsp3) is 0.409. The summed E-state index contributed by atoms with van der Waals surface area (Å²) in [6, 6.07) is 7.52. The van der Waals surface area contributed by atoms with E-state index >= 15 is 0 Å². The molecule has 2 aromatic carbocycles. The number of hydrogen-bond donors (Lipinski definition) is 1. The summed E-state index contributed by atoms with van der Waals surface area (Å²) in [6.07, 6.45) is 0.688. The first-order valence-electron chi connectivity index (χ1n) is 9.20. The van der Waals surface area contributed by atoms with Gasteiger partial charge in [0, 0.05) is 6.54 Å². The molecule has 0 spiro atoms. The third-order valence-corrected chi connectivity index (χ3v) is 4.58. The first-order valence-corrected chi connectivity index (χ1v) is 9.20. The Morgan fingerprint density at radius 2 is 1.64 bits per heavy atom. The van der Waals surface area contributed by atoms with Gasteiger partial charge in [-0.25, -0.2) is 0 Å². The Hall–Kier alpha value is -2.89. The topological polar surface area (TPSA) is 66.0 Å². The van der Waals surface area contributed by atoms with E-state index in [4.69, 9.17) is 18.9 Å². The van der Waals surface area contributed by atoms with Crippen molar-refractivity contribution in [1.29, 1.82) is 0 Å². The summed E-state index contributed by atoms with van der Waals surface area (Å²) in [5, 5.41) is 2.89. The van der Waals surface area contributed by atoms with Gasteiger partial charge in [0.1, 0.15) is 5.75 Å². The molecule has 0 radical (unpaired) electrons. The van der Waals surface area contributed by atoms with Crippen molar-refractivity contribution in [2.75, 3.05) is 34.5 Å². The molecule has 0 unspecified atom stereocenters. The minimum absolute atomic E-state index is 0.236. The summed E-state index contributed by atoms with van der Waals surface area (Å²) >= 11 is 0. The Kier molecular flexibility index (Phi) is 7.55. The second-order valence-electron chi connectivity index (χ2n) is 6.54. The molecule has 0 heterocycles. The molecule has 0 bridgehead atoms. The van der Waals surface area contributed by atoms with E-state index in [1.54, 1.807) is 12.1 Å². The fourth-order valence-corrected chi connectivity index (χ4v) is 2.98. The van der Waals surface area contributed by atoms with Crippen molar-refractivity contribution in [1.82, 2.24) is 5.32 Å². The zero-order valence-corrected chi connectivity index (χ0v) is 17.5. The first-order chi connectivity index (χ1) is 13.4. The molecular weight excluding hydrogens is 358 g/mol. The van der Waals surface area contributed by atoms with Crippen molar-refractivity contribution in [2.24, 2.45) is 0 Å². The van der Waals surface area contributed by atoms with Gasteiger partial charge in [-0.15, -0.1) is 0 Å². The van der Waals surface area contributed by atoms with Gasteiger partial charge in [0.2, 0.25) is 5.75 Å². The number of methoxy groups -OCH3 is 3. The highest BCUT2D eigenvalue weighted by Gasteiger charge is 2.20. The molecule has 2 rings (SSSR count). The van der Waals surface area contributed by atoms with Crippen LogP contribution in [-0.2, 0) is 0 Å². The predicted molar refractivity (Wildman–Crippen MR) is 109 cm³/mol. The van der Waals surface area contributed by atoms with Crippen LogP contribution in [-0.4, -0.2) is 40.4 Å². The van der Waals surface area contributed by atoms with Crippen LogP contribution in [0.25, 0.3) is 0 Å². The Morgan fingerprint density at radius 1 is 0.929 bits per heavy atom. The molecule has 0 saturated heterocycles. The third-order valence-electron chi connectivity index (χ3n) is 4.58. The molecule has 1 N–H and O–H groups in total. The molecular formula is C22H29NO5. The maximum Gasteiger partial charge on any atom is 0.255 e. The lowest BCUT2D eigenvalue weighted by Gasteiger charge is -2.16. The number of carbonyl (C=O) groups excluding carboxylic acids is 1. The molecule has 0 aliphatic rings. The first kappa shape index (κ1) is 21.4. The SMILES string of the molecule is COc1ccc(C(=O)NCCCOc2cc(C)cc(C)c2C)c(OC)c1OC. The molecule has 1 amide bonds. The number of hydrogen-bond acceptors (Lipinski definition) is 5. The number of amides is 1. The largest absolute Gasteiger partial charge is 0.493 e.